The van der Waals surface area contributed by atoms with E-state index in [1.165, 1.54) is 26.0 Å². The summed E-state index contributed by atoms with van der Waals surface area (Å²) in [4.78, 5) is 11.1. The normalized spacial score (nSPS) is 23.9. The number of carboxylic acids is 1. The van der Waals surface area contributed by atoms with Gasteiger partial charge in [-0.3, -0.25) is 4.79 Å². The Morgan fingerprint density at radius 2 is 2.10 bits per heavy atom. The highest BCUT2D eigenvalue weighted by atomic mass is 32.2. The van der Waals surface area contributed by atoms with Crippen molar-refractivity contribution in [3.63, 3.8) is 0 Å². The van der Waals surface area contributed by atoms with Gasteiger partial charge in [0.1, 0.15) is 11.4 Å². The summed E-state index contributed by atoms with van der Waals surface area (Å²) in [6.07, 6.45) is 0.715. The van der Waals surface area contributed by atoms with Crippen molar-refractivity contribution in [3.05, 3.63) is 29.6 Å². The number of benzene rings is 1. The molecule has 1 heterocycles. The zero-order valence-electron chi connectivity index (χ0n) is 11.3. The Balaban J connectivity index is 2.49. The Kier molecular flexibility index (Phi) is 3.60. The second kappa shape index (κ2) is 4.82. The number of rotatable bonds is 3. The Morgan fingerprint density at radius 1 is 1.45 bits per heavy atom. The molecule has 1 fully saturated rings. The molecule has 0 spiro atoms. The number of aliphatic carboxylic acids is 1. The van der Waals surface area contributed by atoms with Gasteiger partial charge >= 0.3 is 5.97 Å². The monoisotopic (exact) mass is 301 g/mol. The van der Waals surface area contributed by atoms with Crippen molar-refractivity contribution in [2.24, 2.45) is 0 Å². The topological polar surface area (TPSA) is 74.7 Å². The lowest BCUT2D eigenvalue weighted by Crippen LogP contribution is -2.50. The molecule has 0 saturated carbocycles. The predicted molar refractivity (Wildman–Crippen MR) is 70.3 cm³/mol. The molecule has 0 amide bonds. The van der Waals surface area contributed by atoms with Gasteiger partial charge < -0.3 is 5.11 Å². The average Bonchev–Trinajstić information content (AvgIpc) is 2.77. The first-order valence-electron chi connectivity index (χ1n) is 6.22. The lowest BCUT2D eigenvalue weighted by atomic mass is 10.0. The third kappa shape index (κ3) is 2.20. The van der Waals surface area contributed by atoms with Crippen LogP contribution in [0, 0.1) is 12.7 Å². The van der Waals surface area contributed by atoms with Gasteiger partial charge in [0.25, 0.3) is 0 Å². The van der Waals surface area contributed by atoms with Crippen LogP contribution in [0.25, 0.3) is 0 Å². The van der Waals surface area contributed by atoms with Crippen molar-refractivity contribution < 1.29 is 22.7 Å². The maximum Gasteiger partial charge on any atom is 0.324 e. The summed E-state index contributed by atoms with van der Waals surface area (Å²) in [5.41, 5.74) is -1.13. The predicted octanol–water partition coefficient (Wildman–Crippen LogP) is 1.76. The quantitative estimate of drug-likeness (QED) is 0.923. The smallest absolute Gasteiger partial charge is 0.324 e. The van der Waals surface area contributed by atoms with Crippen molar-refractivity contribution >= 4 is 16.0 Å². The van der Waals surface area contributed by atoms with E-state index in [2.05, 4.69) is 0 Å². The van der Waals surface area contributed by atoms with Crippen molar-refractivity contribution in [1.29, 1.82) is 0 Å². The van der Waals surface area contributed by atoms with Crippen LogP contribution in [0.15, 0.2) is 23.1 Å². The van der Waals surface area contributed by atoms with E-state index in [1.807, 2.05) is 0 Å². The van der Waals surface area contributed by atoms with E-state index in [0.717, 1.165) is 10.4 Å². The number of halogens is 1. The fourth-order valence-corrected chi connectivity index (χ4v) is 4.21. The zero-order valence-corrected chi connectivity index (χ0v) is 12.1. The van der Waals surface area contributed by atoms with Gasteiger partial charge in [0.15, 0.2) is 0 Å². The van der Waals surface area contributed by atoms with E-state index < -0.39 is 27.3 Å². The lowest BCUT2D eigenvalue weighted by Gasteiger charge is -2.30. The molecule has 110 valence electrons. The molecule has 1 aliphatic rings. The second-order valence-corrected chi connectivity index (χ2v) is 7.03. The Hall–Kier alpha value is -1.47. The SMILES string of the molecule is Cc1ccc(S(=O)(=O)N2CCCC2(C)C(=O)O)cc1F. The highest BCUT2D eigenvalue weighted by Gasteiger charge is 2.49. The third-order valence-electron chi connectivity index (χ3n) is 3.77. The Morgan fingerprint density at radius 3 is 2.65 bits per heavy atom. The molecule has 1 aromatic rings. The van der Waals surface area contributed by atoms with Crippen molar-refractivity contribution in [1.82, 2.24) is 4.31 Å². The molecule has 0 bridgehead atoms. The second-order valence-electron chi connectivity index (χ2n) is 5.17. The summed E-state index contributed by atoms with van der Waals surface area (Å²) in [5, 5.41) is 9.27. The van der Waals surface area contributed by atoms with Gasteiger partial charge in [-0.2, -0.15) is 4.31 Å². The summed E-state index contributed by atoms with van der Waals surface area (Å²) in [7, 11) is -4.02. The summed E-state index contributed by atoms with van der Waals surface area (Å²) < 4.78 is 39.5. The highest BCUT2D eigenvalue weighted by molar-refractivity contribution is 7.89. The Bertz CT molecular complexity index is 658. The van der Waals surface area contributed by atoms with E-state index in [-0.39, 0.29) is 17.9 Å². The van der Waals surface area contributed by atoms with Crippen LogP contribution in [-0.4, -0.2) is 35.9 Å². The molecule has 20 heavy (non-hydrogen) atoms. The van der Waals surface area contributed by atoms with Gasteiger partial charge in [-0.15, -0.1) is 0 Å². The molecule has 2 rings (SSSR count). The van der Waals surface area contributed by atoms with Gasteiger partial charge in [0, 0.05) is 6.54 Å². The number of hydrogen-bond donors (Lipinski definition) is 1. The fourth-order valence-electron chi connectivity index (χ4n) is 2.40. The number of aryl methyl sites for hydroxylation is 1. The molecule has 5 nitrogen and oxygen atoms in total. The number of carbonyl (C=O) groups is 1. The van der Waals surface area contributed by atoms with Crippen LogP contribution in [0.5, 0.6) is 0 Å². The highest BCUT2D eigenvalue weighted by Crippen LogP contribution is 2.34. The van der Waals surface area contributed by atoms with E-state index in [0.29, 0.717) is 12.0 Å². The maximum atomic E-state index is 13.5. The van der Waals surface area contributed by atoms with Gasteiger partial charge in [0.2, 0.25) is 10.0 Å². The Labute approximate surface area is 117 Å². The molecule has 1 aromatic carbocycles. The maximum absolute atomic E-state index is 13.5. The summed E-state index contributed by atoms with van der Waals surface area (Å²) >= 11 is 0. The van der Waals surface area contributed by atoms with Gasteiger partial charge in [-0.05, 0) is 44.4 Å². The molecule has 7 heteroatoms. The van der Waals surface area contributed by atoms with Crippen LogP contribution in [-0.2, 0) is 14.8 Å². The number of sulfonamides is 1. The summed E-state index contributed by atoms with van der Waals surface area (Å²) in [6, 6.07) is 3.61. The third-order valence-corrected chi connectivity index (χ3v) is 5.78. The summed E-state index contributed by atoms with van der Waals surface area (Å²) in [6.45, 7) is 3.04. The minimum atomic E-state index is -4.02. The van der Waals surface area contributed by atoms with Crippen LogP contribution < -0.4 is 0 Å². The van der Waals surface area contributed by atoms with Crippen LogP contribution in [0.3, 0.4) is 0 Å². The first kappa shape index (κ1) is 14.9. The molecule has 1 saturated heterocycles. The molecule has 1 aliphatic heterocycles. The number of carboxylic acid groups (broad SMARTS) is 1. The van der Waals surface area contributed by atoms with Gasteiger partial charge in [-0.25, -0.2) is 12.8 Å². The molecule has 0 aromatic heterocycles. The molecule has 1 N–H and O–H groups in total. The van der Waals surface area contributed by atoms with E-state index in [9.17, 15) is 22.7 Å². The van der Waals surface area contributed by atoms with Gasteiger partial charge in [-0.1, -0.05) is 6.07 Å². The van der Waals surface area contributed by atoms with Crippen LogP contribution in [0.1, 0.15) is 25.3 Å². The minimum Gasteiger partial charge on any atom is -0.480 e. The molecule has 0 radical (unpaired) electrons. The molecule has 1 atom stereocenters. The fraction of sp³-hybridized carbons (Fsp3) is 0.462. The van der Waals surface area contributed by atoms with Crippen molar-refractivity contribution in [3.8, 4) is 0 Å². The largest absolute Gasteiger partial charge is 0.480 e. The molecular weight excluding hydrogens is 285 g/mol. The van der Waals surface area contributed by atoms with Crippen LogP contribution in [0.2, 0.25) is 0 Å². The van der Waals surface area contributed by atoms with Crippen molar-refractivity contribution in [2.75, 3.05) is 6.54 Å². The number of hydrogen-bond acceptors (Lipinski definition) is 3. The molecule has 1 unspecified atom stereocenters. The molecular formula is C13H16FNO4S. The first-order chi connectivity index (χ1) is 9.19. The van der Waals surface area contributed by atoms with Gasteiger partial charge in [0.05, 0.1) is 4.90 Å². The minimum absolute atomic E-state index is 0.126. The molecule has 0 aliphatic carbocycles. The van der Waals surface area contributed by atoms with E-state index in [1.54, 1.807) is 0 Å². The van der Waals surface area contributed by atoms with Crippen molar-refractivity contribution in [2.45, 2.75) is 37.1 Å². The van der Waals surface area contributed by atoms with Crippen LogP contribution >= 0.6 is 0 Å². The lowest BCUT2D eigenvalue weighted by molar-refractivity contribution is -0.146. The average molecular weight is 301 g/mol. The van der Waals surface area contributed by atoms with Crippen LogP contribution in [0.4, 0.5) is 4.39 Å². The zero-order chi connectivity index (χ0) is 15.1. The first-order valence-corrected chi connectivity index (χ1v) is 7.66. The van der Waals surface area contributed by atoms with E-state index >= 15 is 0 Å². The standard InChI is InChI=1S/C13H16FNO4S/c1-9-4-5-10(8-11(9)14)20(18,19)15-7-3-6-13(15,2)12(16)17/h4-5,8H,3,6-7H2,1-2H3,(H,16,17). The number of nitrogens with zero attached hydrogens (tertiary/aromatic N) is 1. The summed E-state index contributed by atoms with van der Waals surface area (Å²) in [5.74, 6) is -1.81. The van der Waals surface area contributed by atoms with E-state index in [4.69, 9.17) is 0 Å².